The molecular weight excluding hydrogens is 156 g/mol. The molecule has 13 heavy (non-hydrogen) atoms. The van der Waals surface area contributed by atoms with Crippen molar-refractivity contribution in [3.63, 3.8) is 0 Å². The molecule has 1 aromatic rings. The zero-order valence-corrected chi connectivity index (χ0v) is 8.96. The fourth-order valence-corrected chi connectivity index (χ4v) is 1.02. The van der Waals surface area contributed by atoms with Crippen molar-refractivity contribution in [1.29, 1.82) is 0 Å². The highest BCUT2D eigenvalue weighted by molar-refractivity contribution is 5.53. The third kappa shape index (κ3) is 3.06. The van der Waals surface area contributed by atoms with Crippen LogP contribution in [0.15, 0.2) is 35.9 Å². The second kappa shape index (κ2) is 3.78. The minimum atomic E-state index is 0.274. The summed E-state index contributed by atoms with van der Waals surface area (Å²) in [5.41, 5.74) is 2.98. The van der Waals surface area contributed by atoms with Gasteiger partial charge in [-0.2, -0.15) is 0 Å². The van der Waals surface area contributed by atoms with Gasteiger partial charge in [0, 0.05) is 0 Å². The van der Waals surface area contributed by atoms with Crippen LogP contribution >= 0.6 is 0 Å². The van der Waals surface area contributed by atoms with Gasteiger partial charge in [-0.3, -0.25) is 0 Å². The van der Waals surface area contributed by atoms with Gasteiger partial charge < -0.3 is 0 Å². The van der Waals surface area contributed by atoms with Gasteiger partial charge in [0.05, 0.1) is 0 Å². The molecule has 1 rings (SSSR count). The Bertz CT molecular complexity index is 286. The lowest BCUT2D eigenvalue weighted by Gasteiger charge is -2.19. The van der Waals surface area contributed by atoms with Gasteiger partial charge in [0.15, 0.2) is 0 Å². The summed E-state index contributed by atoms with van der Waals surface area (Å²) in [6.07, 6.45) is 2.25. The molecule has 0 saturated carbocycles. The summed E-state index contributed by atoms with van der Waals surface area (Å²) in [5, 5.41) is 0. The molecule has 0 saturated heterocycles. The van der Waals surface area contributed by atoms with E-state index in [4.69, 9.17) is 0 Å². The molecule has 1 aromatic carbocycles. The van der Waals surface area contributed by atoms with Crippen molar-refractivity contribution < 1.29 is 0 Å². The highest BCUT2D eigenvalue weighted by Crippen LogP contribution is 2.26. The largest absolute Gasteiger partial charge is 0.0674 e. The molecule has 0 fully saturated rings. The van der Waals surface area contributed by atoms with E-state index in [1.165, 1.54) is 11.1 Å². The van der Waals surface area contributed by atoms with E-state index in [-0.39, 0.29) is 5.41 Å². The van der Waals surface area contributed by atoms with E-state index in [9.17, 15) is 0 Å². The molecule has 0 nitrogen and oxygen atoms in total. The Balaban J connectivity index is 2.90. The van der Waals surface area contributed by atoms with E-state index in [1.807, 2.05) is 6.07 Å². The number of allylic oxidation sites excluding steroid dienone is 1. The maximum Gasteiger partial charge on any atom is -0.0172 e. The predicted octanol–water partition coefficient (Wildman–Crippen LogP) is 4.14. The SMILES string of the molecule is C/C(=C/c1ccccc1)C(C)(C)C. The van der Waals surface area contributed by atoms with Crippen molar-refractivity contribution in [3.05, 3.63) is 41.5 Å². The first kappa shape index (κ1) is 10.0. The number of rotatable bonds is 1. The summed E-state index contributed by atoms with van der Waals surface area (Å²) < 4.78 is 0. The molecule has 0 aliphatic rings. The Morgan fingerprint density at radius 1 is 1.08 bits per heavy atom. The van der Waals surface area contributed by atoms with E-state index in [0.29, 0.717) is 0 Å². The lowest BCUT2D eigenvalue weighted by Crippen LogP contribution is -2.05. The number of hydrogen-bond acceptors (Lipinski definition) is 0. The Labute approximate surface area is 81.3 Å². The van der Waals surface area contributed by atoms with Gasteiger partial charge in [-0.1, -0.05) is 62.8 Å². The normalized spacial score (nSPS) is 13.1. The van der Waals surface area contributed by atoms with Crippen LogP contribution in [-0.4, -0.2) is 0 Å². The molecule has 70 valence electrons. The van der Waals surface area contributed by atoms with Crippen LogP contribution in [0.5, 0.6) is 0 Å². The topological polar surface area (TPSA) is 0 Å². The maximum atomic E-state index is 2.25. The highest BCUT2D eigenvalue weighted by atomic mass is 14.2. The smallest absolute Gasteiger partial charge is 0.0172 e. The van der Waals surface area contributed by atoms with Crippen LogP contribution in [0, 0.1) is 5.41 Å². The molecule has 0 amide bonds. The van der Waals surface area contributed by atoms with Crippen molar-refractivity contribution in [2.75, 3.05) is 0 Å². The number of benzene rings is 1. The fraction of sp³-hybridized carbons (Fsp3) is 0.385. The standard InChI is InChI=1S/C13H18/c1-11(13(2,3)4)10-12-8-6-5-7-9-12/h5-10H,1-4H3/b11-10-. The Hall–Kier alpha value is -1.04. The van der Waals surface area contributed by atoms with Crippen LogP contribution in [0.3, 0.4) is 0 Å². The van der Waals surface area contributed by atoms with Gasteiger partial charge in [0.2, 0.25) is 0 Å². The molecule has 0 unspecified atom stereocenters. The molecule has 0 bridgehead atoms. The zero-order valence-electron chi connectivity index (χ0n) is 8.96. The van der Waals surface area contributed by atoms with Crippen molar-refractivity contribution in [1.82, 2.24) is 0 Å². The zero-order chi connectivity index (χ0) is 9.90. The van der Waals surface area contributed by atoms with E-state index in [0.717, 1.165) is 0 Å². The fourth-order valence-electron chi connectivity index (χ4n) is 1.02. The van der Waals surface area contributed by atoms with Gasteiger partial charge in [0.25, 0.3) is 0 Å². The van der Waals surface area contributed by atoms with Crippen molar-refractivity contribution >= 4 is 6.08 Å². The molecule has 0 atom stereocenters. The van der Waals surface area contributed by atoms with E-state index < -0.39 is 0 Å². The van der Waals surface area contributed by atoms with Gasteiger partial charge >= 0.3 is 0 Å². The second-order valence-electron chi connectivity index (χ2n) is 4.49. The lowest BCUT2D eigenvalue weighted by atomic mass is 9.86. The van der Waals surface area contributed by atoms with Gasteiger partial charge in [-0.25, -0.2) is 0 Å². The summed E-state index contributed by atoms with van der Waals surface area (Å²) in [7, 11) is 0. The molecule has 0 aliphatic heterocycles. The minimum Gasteiger partial charge on any atom is -0.0674 e. The molecule has 0 spiro atoms. The maximum absolute atomic E-state index is 2.25. The quantitative estimate of drug-likeness (QED) is 0.600. The van der Waals surface area contributed by atoms with Crippen LogP contribution in [0.2, 0.25) is 0 Å². The first-order valence-electron chi connectivity index (χ1n) is 4.74. The average Bonchev–Trinajstić information content (AvgIpc) is 2.04. The van der Waals surface area contributed by atoms with Crippen molar-refractivity contribution in [3.8, 4) is 0 Å². The van der Waals surface area contributed by atoms with Gasteiger partial charge in [-0.05, 0) is 17.9 Å². The Morgan fingerprint density at radius 2 is 1.62 bits per heavy atom. The molecule has 0 aliphatic carbocycles. The van der Waals surface area contributed by atoms with Gasteiger partial charge in [0.1, 0.15) is 0 Å². The van der Waals surface area contributed by atoms with Crippen molar-refractivity contribution in [2.24, 2.45) is 5.41 Å². The Kier molecular flexibility index (Phi) is 2.92. The van der Waals surface area contributed by atoms with Gasteiger partial charge in [-0.15, -0.1) is 0 Å². The van der Waals surface area contributed by atoms with Crippen LogP contribution in [0.1, 0.15) is 33.3 Å². The third-order valence-corrected chi connectivity index (χ3v) is 2.37. The molecule has 0 aromatic heterocycles. The van der Waals surface area contributed by atoms with E-state index in [1.54, 1.807) is 0 Å². The molecular formula is C13H18. The summed E-state index contributed by atoms with van der Waals surface area (Å²) in [6.45, 7) is 8.90. The van der Waals surface area contributed by atoms with Crippen LogP contribution in [0.25, 0.3) is 6.08 Å². The first-order chi connectivity index (χ1) is 6.00. The lowest BCUT2D eigenvalue weighted by molar-refractivity contribution is 0.508. The molecule has 0 N–H and O–H groups in total. The second-order valence-corrected chi connectivity index (χ2v) is 4.49. The van der Waals surface area contributed by atoms with E-state index >= 15 is 0 Å². The highest BCUT2D eigenvalue weighted by Gasteiger charge is 2.11. The number of hydrogen-bond donors (Lipinski definition) is 0. The summed E-state index contributed by atoms with van der Waals surface area (Å²) >= 11 is 0. The third-order valence-electron chi connectivity index (χ3n) is 2.37. The summed E-state index contributed by atoms with van der Waals surface area (Å²) in [4.78, 5) is 0. The van der Waals surface area contributed by atoms with Crippen LogP contribution in [-0.2, 0) is 0 Å². The average molecular weight is 174 g/mol. The molecule has 0 heterocycles. The van der Waals surface area contributed by atoms with E-state index in [2.05, 4.69) is 58.0 Å². The Morgan fingerprint density at radius 3 is 2.08 bits per heavy atom. The van der Waals surface area contributed by atoms with Crippen LogP contribution < -0.4 is 0 Å². The summed E-state index contributed by atoms with van der Waals surface area (Å²) in [6, 6.07) is 10.5. The monoisotopic (exact) mass is 174 g/mol. The molecule has 0 radical (unpaired) electrons. The predicted molar refractivity (Wildman–Crippen MR) is 59.5 cm³/mol. The van der Waals surface area contributed by atoms with Crippen LogP contribution in [0.4, 0.5) is 0 Å². The van der Waals surface area contributed by atoms with Crippen molar-refractivity contribution in [2.45, 2.75) is 27.7 Å². The first-order valence-corrected chi connectivity index (χ1v) is 4.74. The minimum absolute atomic E-state index is 0.274. The summed E-state index contributed by atoms with van der Waals surface area (Å²) in [5.74, 6) is 0. The molecule has 0 heteroatoms.